The standard InChI is InChI=1S/C18H24N2O2S/c1-13-7-5-8-14(2)17(13)19-18(23)20(10-12-21-4)15(3)16-9-6-11-22-16/h5-9,11,15H,10,12H2,1-4H3,(H,19,23)/t15-/m0/s1. The topological polar surface area (TPSA) is 37.6 Å². The Morgan fingerprint density at radius 1 is 1.26 bits per heavy atom. The zero-order chi connectivity index (χ0) is 16.8. The molecular formula is C18H24N2O2S. The summed E-state index contributed by atoms with van der Waals surface area (Å²) >= 11 is 5.66. The maximum absolute atomic E-state index is 5.66. The molecule has 124 valence electrons. The van der Waals surface area contributed by atoms with E-state index >= 15 is 0 Å². The molecule has 2 aromatic rings. The molecule has 0 saturated heterocycles. The van der Waals surface area contributed by atoms with Crippen LogP contribution < -0.4 is 5.32 Å². The van der Waals surface area contributed by atoms with E-state index in [4.69, 9.17) is 21.4 Å². The van der Waals surface area contributed by atoms with Crippen molar-refractivity contribution in [3.05, 3.63) is 53.5 Å². The summed E-state index contributed by atoms with van der Waals surface area (Å²) in [6, 6.07) is 10.1. The van der Waals surface area contributed by atoms with Crippen LogP contribution in [0.15, 0.2) is 41.0 Å². The van der Waals surface area contributed by atoms with Gasteiger partial charge in [0.15, 0.2) is 5.11 Å². The lowest BCUT2D eigenvalue weighted by Crippen LogP contribution is -2.39. The molecule has 5 heteroatoms. The number of hydrogen-bond donors (Lipinski definition) is 1. The number of nitrogens with zero attached hydrogens (tertiary/aromatic N) is 1. The summed E-state index contributed by atoms with van der Waals surface area (Å²) in [6.07, 6.45) is 1.68. The van der Waals surface area contributed by atoms with Crippen molar-refractivity contribution in [2.24, 2.45) is 0 Å². The van der Waals surface area contributed by atoms with E-state index < -0.39 is 0 Å². The Kier molecular flexibility index (Phi) is 6.19. The van der Waals surface area contributed by atoms with E-state index in [0.29, 0.717) is 18.3 Å². The molecule has 23 heavy (non-hydrogen) atoms. The zero-order valence-corrected chi connectivity index (χ0v) is 14.9. The molecule has 1 heterocycles. The van der Waals surface area contributed by atoms with Gasteiger partial charge in [0.1, 0.15) is 5.76 Å². The molecule has 1 atom stereocenters. The summed E-state index contributed by atoms with van der Waals surface area (Å²) in [4.78, 5) is 2.09. The molecule has 4 nitrogen and oxygen atoms in total. The number of aryl methyl sites for hydroxylation is 2. The van der Waals surface area contributed by atoms with Crippen molar-refractivity contribution in [3.63, 3.8) is 0 Å². The molecule has 0 unspecified atom stereocenters. The van der Waals surface area contributed by atoms with Crippen LogP contribution >= 0.6 is 12.2 Å². The average molecular weight is 332 g/mol. The quantitative estimate of drug-likeness (QED) is 0.798. The molecule has 2 rings (SSSR count). The third-order valence-electron chi connectivity index (χ3n) is 3.93. The van der Waals surface area contributed by atoms with Gasteiger partial charge in [-0.25, -0.2) is 0 Å². The Labute approximate surface area is 143 Å². The Morgan fingerprint density at radius 3 is 2.52 bits per heavy atom. The van der Waals surface area contributed by atoms with Gasteiger partial charge >= 0.3 is 0 Å². The van der Waals surface area contributed by atoms with Gasteiger partial charge in [0.25, 0.3) is 0 Å². The van der Waals surface area contributed by atoms with Gasteiger partial charge < -0.3 is 19.4 Å². The highest BCUT2D eigenvalue weighted by Gasteiger charge is 2.21. The van der Waals surface area contributed by atoms with E-state index in [1.54, 1.807) is 13.4 Å². The van der Waals surface area contributed by atoms with Gasteiger partial charge in [-0.2, -0.15) is 0 Å². The molecule has 1 aromatic carbocycles. The first-order chi connectivity index (χ1) is 11.0. The predicted molar refractivity (Wildman–Crippen MR) is 97.8 cm³/mol. The van der Waals surface area contributed by atoms with E-state index in [1.807, 2.05) is 18.2 Å². The maximum atomic E-state index is 5.66. The van der Waals surface area contributed by atoms with Crippen molar-refractivity contribution in [1.82, 2.24) is 4.90 Å². The zero-order valence-electron chi connectivity index (χ0n) is 14.1. The van der Waals surface area contributed by atoms with Crippen LogP contribution in [0.5, 0.6) is 0 Å². The third-order valence-corrected chi connectivity index (χ3v) is 4.27. The Morgan fingerprint density at radius 2 is 1.96 bits per heavy atom. The molecule has 0 fully saturated rings. The van der Waals surface area contributed by atoms with Crippen molar-refractivity contribution < 1.29 is 9.15 Å². The summed E-state index contributed by atoms with van der Waals surface area (Å²) in [5.74, 6) is 0.881. The Bertz CT molecular complexity index is 620. The Balaban J connectivity index is 2.19. The molecule has 0 amide bonds. The fourth-order valence-corrected chi connectivity index (χ4v) is 2.89. The van der Waals surface area contributed by atoms with Gasteiger partial charge in [-0.3, -0.25) is 0 Å². The lowest BCUT2D eigenvalue weighted by atomic mass is 10.1. The van der Waals surface area contributed by atoms with E-state index in [-0.39, 0.29) is 6.04 Å². The highest BCUT2D eigenvalue weighted by Crippen LogP contribution is 2.24. The number of anilines is 1. The van der Waals surface area contributed by atoms with Gasteiger partial charge in [-0.15, -0.1) is 0 Å². The highest BCUT2D eigenvalue weighted by atomic mass is 32.1. The fourth-order valence-electron chi connectivity index (χ4n) is 2.53. The number of methoxy groups -OCH3 is 1. The van der Waals surface area contributed by atoms with Gasteiger partial charge in [0.2, 0.25) is 0 Å². The highest BCUT2D eigenvalue weighted by molar-refractivity contribution is 7.80. The second-order valence-corrected chi connectivity index (χ2v) is 5.96. The van der Waals surface area contributed by atoms with Crippen molar-refractivity contribution in [2.75, 3.05) is 25.6 Å². The second-order valence-electron chi connectivity index (χ2n) is 5.57. The first-order valence-electron chi connectivity index (χ1n) is 7.70. The lowest BCUT2D eigenvalue weighted by Gasteiger charge is -2.31. The minimum atomic E-state index is 0.0319. The number of thiocarbonyl (C=S) groups is 1. The summed E-state index contributed by atoms with van der Waals surface area (Å²) in [5, 5.41) is 4.06. The van der Waals surface area contributed by atoms with E-state index in [9.17, 15) is 0 Å². The number of para-hydroxylation sites is 1. The number of nitrogens with one attached hydrogen (secondary N) is 1. The van der Waals surface area contributed by atoms with Crippen molar-refractivity contribution >= 4 is 23.0 Å². The Hall–Kier alpha value is -1.85. The lowest BCUT2D eigenvalue weighted by molar-refractivity contribution is 0.160. The number of benzene rings is 1. The number of rotatable bonds is 6. The van der Waals surface area contributed by atoms with Crippen molar-refractivity contribution in [1.29, 1.82) is 0 Å². The van der Waals surface area contributed by atoms with Crippen molar-refractivity contribution in [3.8, 4) is 0 Å². The van der Waals surface area contributed by atoms with Gasteiger partial charge in [-0.05, 0) is 56.2 Å². The first-order valence-corrected chi connectivity index (χ1v) is 8.11. The van der Waals surface area contributed by atoms with Crippen LogP contribution in [-0.2, 0) is 4.74 Å². The molecule has 0 bridgehead atoms. The molecule has 0 saturated carbocycles. The third kappa shape index (κ3) is 4.33. The molecule has 0 radical (unpaired) electrons. The van der Waals surface area contributed by atoms with Crippen molar-refractivity contribution in [2.45, 2.75) is 26.8 Å². The molecule has 1 N–H and O–H groups in total. The average Bonchev–Trinajstić information content (AvgIpc) is 3.05. The van der Waals surface area contributed by atoms with E-state index in [1.165, 1.54) is 11.1 Å². The normalized spacial score (nSPS) is 12.0. The van der Waals surface area contributed by atoms with E-state index in [2.05, 4.69) is 43.1 Å². The van der Waals surface area contributed by atoms with Crippen LogP contribution in [0.4, 0.5) is 5.69 Å². The second kappa shape index (κ2) is 8.13. The number of ether oxygens (including phenoxy) is 1. The van der Waals surface area contributed by atoms with Crippen LogP contribution in [0.1, 0.15) is 29.9 Å². The van der Waals surface area contributed by atoms with Gasteiger partial charge in [-0.1, -0.05) is 18.2 Å². The van der Waals surface area contributed by atoms with E-state index in [0.717, 1.165) is 11.4 Å². The molecule has 0 aliphatic rings. The largest absolute Gasteiger partial charge is 0.467 e. The van der Waals surface area contributed by atoms with Gasteiger partial charge in [0.05, 0.1) is 18.9 Å². The van der Waals surface area contributed by atoms with Gasteiger partial charge in [0, 0.05) is 19.3 Å². The summed E-state index contributed by atoms with van der Waals surface area (Å²) < 4.78 is 10.8. The SMILES string of the molecule is COCCN(C(=S)Nc1c(C)cccc1C)[C@@H](C)c1ccco1. The van der Waals surface area contributed by atoms with Crippen LogP contribution in [0.3, 0.4) is 0 Å². The number of hydrogen-bond acceptors (Lipinski definition) is 3. The minimum Gasteiger partial charge on any atom is -0.467 e. The molecule has 0 spiro atoms. The maximum Gasteiger partial charge on any atom is 0.174 e. The summed E-state index contributed by atoms with van der Waals surface area (Å²) in [5.41, 5.74) is 3.40. The molecule has 0 aliphatic heterocycles. The summed E-state index contributed by atoms with van der Waals surface area (Å²) in [6.45, 7) is 7.52. The smallest absolute Gasteiger partial charge is 0.174 e. The molecule has 0 aliphatic carbocycles. The predicted octanol–water partition coefficient (Wildman–Crippen LogP) is 4.30. The number of furan rings is 1. The summed E-state index contributed by atoms with van der Waals surface area (Å²) in [7, 11) is 1.69. The van der Waals surface area contributed by atoms with Crippen LogP contribution in [0, 0.1) is 13.8 Å². The first kappa shape index (κ1) is 17.5. The fraction of sp³-hybridized carbons (Fsp3) is 0.389. The monoisotopic (exact) mass is 332 g/mol. The molecule has 1 aromatic heterocycles. The molecular weight excluding hydrogens is 308 g/mol. The minimum absolute atomic E-state index is 0.0319. The van der Waals surface area contributed by atoms with Crippen LogP contribution in [0.25, 0.3) is 0 Å². The van der Waals surface area contributed by atoms with Crippen LogP contribution in [0.2, 0.25) is 0 Å². The van der Waals surface area contributed by atoms with Crippen LogP contribution in [-0.4, -0.2) is 30.3 Å².